The maximum atomic E-state index is 8.95. The van der Waals surface area contributed by atoms with Crippen molar-refractivity contribution in [2.75, 3.05) is 0 Å². The largest absolute Gasteiger partial charge is 0.388 e. The van der Waals surface area contributed by atoms with Crippen molar-refractivity contribution in [1.82, 2.24) is 14.8 Å². The molecule has 4 nitrogen and oxygen atoms in total. The molecule has 0 fully saturated rings. The molecule has 1 aliphatic rings. The van der Waals surface area contributed by atoms with E-state index < -0.39 is 0 Å². The fourth-order valence-electron chi connectivity index (χ4n) is 1.66. The van der Waals surface area contributed by atoms with E-state index in [4.69, 9.17) is 5.11 Å². The molecule has 1 aromatic heterocycles. The molecule has 0 aromatic carbocycles. The van der Waals surface area contributed by atoms with Crippen molar-refractivity contribution in [1.29, 1.82) is 0 Å². The Kier molecular flexibility index (Phi) is 2.08. The zero-order valence-corrected chi connectivity index (χ0v) is 7.03. The lowest BCUT2D eigenvalue weighted by Gasteiger charge is -2.03. The van der Waals surface area contributed by atoms with Crippen molar-refractivity contribution in [2.24, 2.45) is 0 Å². The minimum atomic E-state index is 0.00694. The first-order valence-corrected chi connectivity index (χ1v) is 4.43. The molecule has 0 saturated carbocycles. The van der Waals surface area contributed by atoms with Gasteiger partial charge in [0.2, 0.25) is 0 Å². The SMILES string of the molecule is OCc1nnc2n1CCCCC2. The Balaban J connectivity index is 2.32. The summed E-state index contributed by atoms with van der Waals surface area (Å²) >= 11 is 0. The number of nitrogens with zero attached hydrogens (tertiary/aromatic N) is 3. The average molecular weight is 167 g/mol. The fraction of sp³-hybridized carbons (Fsp3) is 0.750. The van der Waals surface area contributed by atoms with Crippen molar-refractivity contribution < 1.29 is 5.11 Å². The third-order valence-electron chi connectivity index (χ3n) is 2.33. The molecule has 0 aliphatic carbocycles. The molecule has 2 heterocycles. The summed E-state index contributed by atoms with van der Waals surface area (Å²) in [5.41, 5.74) is 0. The van der Waals surface area contributed by atoms with Gasteiger partial charge in [0.15, 0.2) is 5.82 Å². The van der Waals surface area contributed by atoms with Crippen LogP contribution in [0.15, 0.2) is 0 Å². The maximum absolute atomic E-state index is 8.95. The first kappa shape index (κ1) is 7.73. The number of rotatable bonds is 1. The van der Waals surface area contributed by atoms with Crippen LogP contribution in [0, 0.1) is 0 Å². The van der Waals surface area contributed by atoms with Gasteiger partial charge in [-0.05, 0) is 12.8 Å². The molecule has 4 heteroatoms. The molecule has 0 saturated heterocycles. The van der Waals surface area contributed by atoms with Gasteiger partial charge in [-0.3, -0.25) is 0 Å². The van der Waals surface area contributed by atoms with Crippen LogP contribution in [0.2, 0.25) is 0 Å². The summed E-state index contributed by atoms with van der Waals surface area (Å²) < 4.78 is 2.05. The molecule has 1 aromatic rings. The quantitative estimate of drug-likeness (QED) is 0.662. The molecular formula is C8H13N3O. The maximum Gasteiger partial charge on any atom is 0.158 e. The van der Waals surface area contributed by atoms with E-state index >= 15 is 0 Å². The van der Waals surface area contributed by atoms with Crippen molar-refractivity contribution in [2.45, 2.75) is 38.8 Å². The number of hydrogen-bond acceptors (Lipinski definition) is 3. The number of aliphatic hydroxyl groups excluding tert-OH is 1. The van der Waals surface area contributed by atoms with Gasteiger partial charge in [0.1, 0.15) is 12.4 Å². The van der Waals surface area contributed by atoms with E-state index in [1.54, 1.807) is 0 Å². The molecule has 0 bridgehead atoms. The molecule has 12 heavy (non-hydrogen) atoms. The molecule has 0 radical (unpaired) electrons. The van der Waals surface area contributed by atoms with E-state index in [0.29, 0.717) is 5.82 Å². The summed E-state index contributed by atoms with van der Waals surface area (Å²) in [6.07, 6.45) is 4.64. The Labute approximate surface area is 71.2 Å². The Morgan fingerprint density at radius 2 is 2.17 bits per heavy atom. The van der Waals surface area contributed by atoms with Gasteiger partial charge in [-0.1, -0.05) is 6.42 Å². The molecular weight excluding hydrogens is 154 g/mol. The van der Waals surface area contributed by atoms with Gasteiger partial charge < -0.3 is 9.67 Å². The standard InChI is InChI=1S/C8H13N3O/c12-6-8-10-9-7-4-2-1-3-5-11(7)8/h12H,1-6H2. The first-order valence-electron chi connectivity index (χ1n) is 4.43. The van der Waals surface area contributed by atoms with E-state index in [2.05, 4.69) is 10.2 Å². The second-order valence-electron chi connectivity index (χ2n) is 3.15. The predicted molar refractivity (Wildman–Crippen MR) is 43.5 cm³/mol. The topological polar surface area (TPSA) is 50.9 Å². The minimum absolute atomic E-state index is 0.00694. The van der Waals surface area contributed by atoms with Crippen molar-refractivity contribution in [3.63, 3.8) is 0 Å². The molecule has 1 N–H and O–H groups in total. The fourth-order valence-corrected chi connectivity index (χ4v) is 1.66. The van der Waals surface area contributed by atoms with Crippen molar-refractivity contribution >= 4 is 0 Å². The van der Waals surface area contributed by atoms with Crippen LogP contribution >= 0.6 is 0 Å². The number of aliphatic hydroxyl groups is 1. The lowest BCUT2D eigenvalue weighted by Crippen LogP contribution is -2.05. The first-order chi connectivity index (χ1) is 5.92. The van der Waals surface area contributed by atoms with Gasteiger partial charge in [-0.2, -0.15) is 0 Å². The van der Waals surface area contributed by atoms with E-state index in [1.807, 2.05) is 4.57 Å². The van der Waals surface area contributed by atoms with E-state index in [0.717, 1.165) is 18.8 Å². The third kappa shape index (κ3) is 1.22. The van der Waals surface area contributed by atoms with Crippen LogP contribution in [0.4, 0.5) is 0 Å². The average Bonchev–Trinajstić information content (AvgIpc) is 2.33. The normalized spacial score (nSPS) is 17.1. The molecule has 0 atom stereocenters. The van der Waals surface area contributed by atoms with Crippen LogP contribution in [0.3, 0.4) is 0 Å². The van der Waals surface area contributed by atoms with Gasteiger partial charge in [-0.25, -0.2) is 0 Å². The highest BCUT2D eigenvalue weighted by Crippen LogP contribution is 2.13. The molecule has 1 aliphatic heterocycles. The predicted octanol–water partition coefficient (Wildman–Crippen LogP) is 0.497. The zero-order valence-electron chi connectivity index (χ0n) is 7.03. The minimum Gasteiger partial charge on any atom is -0.388 e. The number of aryl methyl sites for hydroxylation is 1. The Morgan fingerprint density at radius 1 is 1.25 bits per heavy atom. The summed E-state index contributed by atoms with van der Waals surface area (Å²) in [5.74, 6) is 1.75. The van der Waals surface area contributed by atoms with Crippen molar-refractivity contribution in [3.8, 4) is 0 Å². The molecule has 0 spiro atoms. The van der Waals surface area contributed by atoms with Crippen molar-refractivity contribution in [3.05, 3.63) is 11.6 Å². The van der Waals surface area contributed by atoms with Gasteiger partial charge in [0, 0.05) is 13.0 Å². The Morgan fingerprint density at radius 3 is 3.00 bits per heavy atom. The van der Waals surface area contributed by atoms with Gasteiger partial charge in [-0.15, -0.1) is 10.2 Å². The summed E-state index contributed by atoms with van der Waals surface area (Å²) in [4.78, 5) is 0. The number of aromatic nitrogens is 3. The second-order valence-corrected chi connectivity index (χ2v) is 3.15. The monoisotopic (exact) mass is 167 g/mol. The third-order valence-corrected chi connectivity index (χ3v) is 2.33. The molecule has 0 amide bonds. The van der Waals surface area contributed by atoms with Crippen LogP contribution in [-0.4, -0.2) is 19.9 Å². The van der Waals surface area contributed by atoms with Gasteiger partial charge >= 0.3 is 0 Å². The highest BCUT2D eigenvalue weighted by molar-refractivity contribution is 4.96. The lowest BCUT2D eigenvalue weighted by molar-refractivity contribution is 0.264. The van der Waals surface area contributed by atoms with Crippen LogP contribution in [0.1, 0.15) is 30.9 Å². The van der Waals surface area contributed by atoms with Gasteiger partial charge in [0.05, 0.1) is 0 Å². The van der Waals surface area contributed by atoms with Crippen LogP contribution in [0.5, 0.6) is 0 Å². The van der Waals surface area contributed by atoms with Crippen LogP contribution in [-0.2, 0) is 19.6 Å². The highest BCUT2D eigenvalue weighted by atomic mass is 16.3. The van der Waals surface area contributed by atoms with Crippen LogP contribution in [0.25, 0.3) is 0 Å². The lowest BCUT2D eigenvalue weighted by atomic mass is 10.2. The number of fused-ring (bicyclic) bond motifs is 1. The smallest absolute Gasteiger partial charge is 0.158 e. The summed E-state index contributed by atoms with van der Waals surface area (Å²) in [6, 6.07) is 0. The van der Waals surface area contributed by atoms with E-state index in [9.17, 15) is 0 Å². The number of hydrogen-bond donors (Lipinski definition) is 1. The summed E-state index contributed by atoms with van der Waals surface area (Å²) in [5, 5.41) is 16.9. The van der Waals surface area contributed by atoms with E-state index in [1.165, 1.54) is 19.3 Å². The van der Waals surface area contributed by atoms with E-state index in [-0.39, 0.29) is 6.61 Å². The zero-order chi connectivity index (χ0) is 8.39. The molecule has 0 unspecified atom stereocenters. The van der Waals surface area contributed by atoms with Crippen LogP contribution < -0.4 is 0 Å². The molecule has 2 rings (SSSR count). The van der Waals surface area contributed by atoms with Gasteiger partial charge in [0.25, 0.3) is 0 Å². The second kappa shape index (κ2) is 3.23. The summed E-state index contributed by atoms with van der Waals surface area (Å²) in [7, 11) is 0. The summed E-state index contributed by atoms with van der Waals surface area (Å²) in [6.45, 7) is 0.977. The highest BCUT2D eigenvalue weighted by Gasteiger charge is 2.12. The molecule has 66 valence electrons. The Bertz CT molecular complexity index is 269. The Hall–Kier alpha value is -0.900.